The van der Waals surface area contributed by atoms with Gasteiger partial charge in [-0.3, -0.25) is 10.1 Å². The van der Waals surface area contributed by atoms with Gasteiger partial charge in [0.05, 0.1) is 27.4 Å². The number of nitrogens with one attached hydrogen (secondary N) is 1. The monoisotopic (exact) mass is 415 g/mol. The van der Waals surface area contributed by atoms with Crippen LogP contribution in [0.15, 0.2) is 60.7 Å². The molecule has 0 saturated carbocycles. The SMILES string of the molecule is CCCCc1ccc(-c2ccc(-c3cc(C(=O)O)c4cc([N+](=O)[O-])ccc4n3)[nH]2)cc1. The Kier molecular flexibility index (Phi) is 5.49. The van der Waals surface area contributed by atoms with Crippen LogP contribution in [0.5, 0.6) is 0 Å². The van der Waals surface area contributed by atoms with E-state index in [4.69, 9.17) is 0 Å². The number of non-ortho nitro benzene ring substituents is 1. The standard InChI is InChI=1S/C24H21N3O4/c1-2-3-4-15-5-7-16(8-6-15)20-11-12-22(25-20)23-14-19(24(28)29)18-13-17(27(30)31)9-10-21(18)26-23/h5-14,25H,2-4H2,1H3,(H,28,29). The number of hydrogen-bond donors (Lipinski definition) is 2. The Labute approximate surface area is 178 Å². The molecule has 2 aromatic heterocycles. The zero-order chi connectivity index (χ0) is 22.0. The second-order valence-electron chi connectivity index (χ2n) is 7.40. The largest absolute Gasteiger partial charge is 0.478 e. The summed E-state index contributed by atoms with van der Waals surface area (Å²) in [6.07, 6.45) is 3.38. The number of aryl methyl sites for hydroxylation is 1. The Morgan fingerprint density at radius 2 is 1.81 bits per heavy atom. The number of unbranched alkanes of at least 4 members (excludes halogenated alkanes) is 1. The van der Waals surface area contributed by atoms with Crippen LogP contribution in [0, 0.1) is 10.1 Å². The maximum absolute atomic E-state index is 11.8. The molecule has 2 N–H and O–H groups in total. The molecule has 2 heterocycles. The zero-order valence-electron chi connectivity index (χ0n) is 17.0. The number of hydrogen-bond acceptors (Lipinski definition) is 4. The number of carboxylic acid groups (broad SMARTS) is 1. The number of carboxylic acids is 1. The normalized spacial score (nSPS) is 11.0. The van der Waals surface area contributed by atoms with Crippen molar-refractivity contribution in [2.75, 3.05) is 0 Å². The van der Waals surface area contributed by atoms with E-state index in [1.807, 2.05) is 12.1 Å². The van der Waals surface area contributed by atoms with Crippen LogP contribution in [-0.4, -0.2) is 26.0 Å². The molecule has 0 radical (unpaired) electrons. The molecule has 7 nitrogen and oxygen atoms in total. The van der Waals surface area contributed by atoms with E-state index in [9.17, 15) is 20.0 Å². The first-order valence-corrected chi connectivity index (χ1v) is 10.1. The van der Waals surface area contributed by atoms with Crippen molar-refractivity contribution in [3.05, 3.63) is 81.9 Å². The molecule has 2 aromatic carbocycles. The molecule has 0 saturated heterocycles. The van der Waals surface area contributed by atoms with Gasteiger partial charge in [-0.2, -0.15) is 0 Å². The van der Waals surface area contributed by atoms with Crippen LogP contribution < -0.4 is 0 Å². The molecule has 4 rings (SSSR count). The van der Waals surface area contributed by atoms with Crippen LogP contribution in [0.1, 0.15) is 35.7 Å². The summed E-state index contributed by atoms with van der Waals surface area (Å²) in [4.78, 5) is 30.1. The molecule has 7 heteroatoms. The summed E-state index contributed by atoms with van der Waals surface area (Å²) in [5, 5.41) is 20.9. The molecule has 0 fully saturated rings. The van der Waals surface area contributed by atoms with E-state index in [1.54, 1.807) is 0 Å². The van der Waals surface area contributed by atoms with Crippen molar-refractivity contribution in [1.29, 1.82) is 0 Å². The third-order valence-corrected chi connectivity index (χ3v) is 5.28. The number of nitro groups is 1. The molecule has 156 valence electrons. The molecule has 0 aliphatic rings. The molecule has 0 aliphatic carbocycles. The fraction of sp³-hybridized carbons (Fsp3) is 0.167. The second-order valence-corrected chi connectivity index (χ2v) is 7.40. The predicted molar refractivity (Wildman–Crippen MR) is 119 cm³/mol. The quantitative estimate of drug-likeness (QED) is 0.291. The number of aromatic nitrogens is 2. The second kappa shape index (κ2) is 8.39. The minimum Gasteiger partial charge on any atom is -0.478 e. The molecule has 4 aromatic rings. The molecule has 0 aliphatic heterocycles. The number of H-pyrrole nitrogens is 1. The van der Waals surface area contributed by atoms with Crippen molar-refractivity contribution in [2.45, 2.75) is 26.2 Å². The van der Waals surface area contributed by atoms with Gasteiger partial charge in [-0.25, -0.2) is 9.78 Å². The van der Waals surface area contributed by atoms with Gasteiger partial charge in [0.15, 0.2) is 0 Å². The van der Waals surface area contributed by atoms with E-state index in [1.165, 1.54) is 29.8 Å². The van der Waals surface area contributed by atoms with Crippen LogP contribution in [0.3, 0.4) is 0 Å². The first-order valence-electron chi connectivity index (χ1n) is 10.1. The summed E-state index contributed by atoms with van der Waals surface area (Å²) in [6.45, 7) is 2.17. The van der Waals surface area contributed by atoms with Gasteiger partial charge in [0.2, 0.25) is 0 Å². The van der Waals surface area contributed by atoms with Gasteiger partial charge in [-0.1, -0.05) is 37.6 Å². The minimum atomic E-state index is -1.16. The summed E-state index contributed by atoms with van der Waals surface area (Å²) in [7, 11) is 0. The Balaban J connectivity index is 1.71. The fourth-order valence-corrected chi connectivity index (χ4v) is 3.59. The van der Waals surface area contributed by atoms with Crippen molar-refractivity contribution in [1.82, 2.24) is 9.97 Å². The third kappa shape index (κ3) is 4.16. The van der Waals surface area contributed by atoms with Crippen molar-refractivity contribution in [3.63, 3.8) is 0 Å². The summed E-state index contributed by atoms with van der Waals surface area (Å²) in [6, 6.07) is 17.6. The lowest BCUT2D eigenvalue weighted by atomic mass is 10.1. The highest BCUT2D eigenvalue weighted by atomic mass is 16.6. The number of aromatic amines is 1. The van der Waals surface area contributed by atoms with Gasteiger partial charge >= 0.3 is 5.97 Å². The molecule has 0 bridgehead atoms. The molecular formula is C24H21N3O4. The van der Waals surface area contributed by atoms with Gasteiger partial charge in [-0.05, 0) is 48.2 Å². The molecular weight excluding hydrogens is 394 g/mol. The molecule has 31 heavy (non-hydrogen) atoms. The number of nitro benzene ring substituents is 1. The van der Waals surface area contributed by atoms with Crippen LogP contribution >= 0.6 is 0 Å². The van der Waals surface area contributed by atoms with Gasteiger partial charge in [0.1, 0.15) is 0 Å². The van der Waals surface area contributed by atoms with Gasteiger partial charge in [0, 0.05) is 23.2 Å². The first kappa shape index (κ1) is 20.3. The Bertz CT molecular complexity index is 1280. The topological polar surface area (TPSA) is 109 Å². The maximum atomic E-state index is 11.8. The van der Waals surface area contributed by atoms with Crippen LogP contribution in [-0.2, 0) is 6.42 Å². The van der Waals surface area contributed by atoms with E-state index >= 15 is 0 Å². The molecule has 0 atom stereocenters. The van der Waals surface area contributed by atoms with E-state index in [2.05, 4.69) is 41.2 Å². The van der Waals surface area contributed by atoms with Crippen LogP contribution in [0.25, 0.3) is 33.5 Å². The van der Waals surface area contributed by atoms with Crippen molar-refractivity contribution < 1.29 is 14.8 Å². The highest BCUT2D eigenvalue weighted by Gasteiger charge is 2.17. The summed E-state index contributed by atoms with van der Waals surface area (Å²) in [5.74, 6) is -1.16. The van der Waals surface area contributed by atoms with Crippen molar-refractivity contribution in [2.24, 2.45) is 0 Å². The lowest BCUT2D eigenvalue weighted by Crippen LogP contribution is -2.01. The lowest BCUT2D eigenvalue weighted by molar-refractivity contribution is -0.384. The highest BCUT2D eigenvalue weighted by Crippen LogP contribution is 2.29. The van der Waals surface area contributed by atoms with Crippen LogP contribution in [0.2, 0.25) is 0 Å². The molecule has 0 amide bonds. The third-order valence-electron chi connectivity index (χ3n) is 5.28. The smallest absolute Gasteiger partial charge is 0.336 e. The van der Waals surface area contributed by atoms with E-state index < -0.39 is 10.9 Å². The summed E-state index contributed by atoms with van der Waals surface area (Å²) < 4.78 is 0. The number of benzene rings is 2. The van der Waals surface area contributed by atoms with Gasteiger partial charge in [-0.15, -0.1) is 0 Å². The van der Waals surface area contributed by atoms with Crippen LogP contribution in [0.4, 0.5) is 5.69 Å². The summed E-state index contributed by atoms with van der Waals surface area (Å²) in [5.41, 5.74) is 4.55. The van der Waals surface area contributed by atoms with Gasteiger partial charge in [0.25, 0.3) is 5.69 Å². The number of aromatic carboxylic acids is 1. The first-order chi connectivity index (χ1) is 15.0. The fourth-order valence-electron chi connectivity index (χ4n) is 3.59. The van der Waals surface area contributed by atoms with E-state index in [0.29, 0.717) is 16.9 Å². The van der Waals surface area contributed by atoms with E-state index in [-0.39, 0.29) is 16.6 Å². The van der Waals surface area contributed by atoms with Crippen molar-refractivity contribution in [3.8, 4) is 22.6 Å². The minimum absolute atomic E-state index is 0.0277. The predicted octanol–water partition coefficient (Wildman–Crippen LogP) is 5.85. The maximum Gasteiger partial charge on any atom is 0.336 e. The Hall–Kier alpha value is -4.00. The average Bonchev–Trinajstić information content (AvgIpc) is 3.27. The number of pyridine rings is 1. The number of fused-ring (bicyclic) bond motifs is 1. The van der Waals surface area contributed by atoms with Crippen molar-refractivity contribution >= 4 is 22.6 Å². The number of nitrogens with zero attached hydrogens (tertiary/aromatic N) is 2. The summed E-state index contributed by atoms with van der Waals surface area (Å²) >= 11 is 0. The van der Waals surface area contributed by atoms with E-state index in [0.717, 1.165) is 30.5 Å². The molecule has 0 unspecified atom stereocenters. The highest BCUT2D eigenvalue weighted by molar-refractivity contribution is 6.04. The zero-order valence-corrected chi connectivity index (χ0v) is 17.0. The Morgan fingerprint density at radius 1 is 1.06 bits per heavy atom. The number of carbonyl (C=O) groups is 1. The Morgan fingerprint density at radius 3 is 2.48 bits per heavy atom. The lowest BCUT2D eigenvalue weighted by Gasteiger charge is -2.06. The number of rotatable bonds is 7. The molecule has 0 spiro atoms. The van der Waals surface area contributed by atoms with Gasteiger partial charge < -0.3 is 10.1 Å². The average molecular weight is 415 g/mol.